The zero-order valence-corrected chi connectivity index (χ0v) is 26.0. The molecule has 1 saturated carbocycles. The molecule has 0 bridgehead atoms. The maximum atomic E-state index is 13.1. The van der Waals surface area contributed by atoms with E-state index in [1.165, 1.54) is 73.0 Å². The SMILES string of the molecule is CC(C)c1ccccc1CCCC(C(=O)CCCC1CCCC(Cc2ncnc3c2C=CCCC3)CCC1)C(C)O. The monoisotopic (exact) mass is 558 g/mol. The van der Waals surface area contributed by atoms with Gasteiger partial charge in [-0.05, 0) is 87.2 Å². The second-order valence-electron chi connectivity index (χ2n) is 13.2. The quantitative estimate of drug-likeness (QED) is 0.267. The van der Waals surface area contributed by atoms with Crippen molar-refractivity contribution in [2.75, 3.05) is 0 Å². The van der Waals surface area contributed by atoms with Crippen LogP contribution in [0.25, 0.3) is 6.08 Å². The summed E-state index contributed by atoms with van der Waals surface area (Å²) >= 11 is 0. The predicted molar refractivity (Wildman–Crippen MR) is 170 cm³/mol. The average molecular weight is 559 g/mol. The molecule has 0 radical (unpaired) electrons. The van der Waals surface area contributed by atoms with Crippen molar-refractivity contribution in [2.45, 2.75) is 136 Å². The molecule has 41 heavy (non-hydrogen) atoms. The highest BCUT2D eigenvalue weighted by molar-refractivity contribution is 5.81. The molecular weight excluding hydrogens is 504 g/mol. The molecule has 1 N–H and O–H groups in total. The Morgan fingerprint density at radius 2 is 1.73 bits per heavy atom. The first-order valence-corrected chi connectivity index (χ1v) is 16.7. The van der Waals surface area contributed by atoms with Crippen molar-refractivity contribution in [3.8, 4) is 0 Å². The number of carbonyl (C=O) groups excluding carboxylic acids is 1. The summed E-state index contributed by atoms with van der Waals surface area (Å²) in [6.45, 7) is 6.27. The Hall–Kier alpha value is -2.33. The van der Waals surface area contributed by atoms with Gasteiger partial charge in [-0.25, -0.2) is 9.97 Å². The van der Waals surface area contributed by atoms with E-state index in [-0.39, 0.29) is 11.7 Å². The highest BCUT2D eigenvalue weighted by Crippen LogP contribution is 2.32. The number of aliphatic hydroxyl groups excluding tert-OH is 1. The number of aryl methyl sites for hydroxylation is 2. The van der Waals surface area contributed by atoms with E-state index < -0.39 is 6.10 Å². The van der Waals surface area contributed by atoms with Gasteiger partial charge in [-0.1, -0.05) is 95.2 Å². The van der Waals surface area contributed by atoms with E-state index in [0.29, 0.717) is 18.3 Å². The lowest BCUT2D eigenvalue weighted by Gasteiger charge is -2.25. The van der Waals surface area contributed by atoms with Gasteiger partial charge < -0.3 is 5.11 Å². The lowest BCUT2D eigenvalue weighted by atomic mass is 9.81. The summed E-state index contributed by atoms with van der Waals surface area (Å²) in [5.74, 6) is 1.99. The van der Waals surface area contributed by atoms with E-state index in [2.05, 4.69) is 55.2 Å². The van der Waals surface area contributed by atoms with Crippen LogP contribution in [0.15, 0.2) is 36.7 Å². The number of allylic oxidation sites excluding steroid dienone is 1. The normalized spacial score (nSPS) is 21.0. The smallest absolute Gasteiger partial charge is 0.138 e. The standard InChI is InChI=1S/C37H54N2O2/c1-27(2)32-20-8-7-18-31(32)19-12-22-33(28(3)40)37(41)24-11-15-29-13-9-16-30(17-10-14-29)25-36-34-21-5-4-6-23-35(34)38-26-39-36/h5,7-8,18,20-21,26-30,33,40H,4,6,9-17,19,22-25H2,1-3H3. The molecule has 4 nitrogen and oxygen atoms in total. The number of nitrogens with zero attached hydrogens (tertiary/aromatic N) is 2. The van der Waals surface area contributed by atoms with Crippen LogP contribution >= 0.6 is 0 Å². The van der Waals surface area contributed by atoms with Gasteiger partial charge in [-0.3, -0.25) is 4.79 Å². The molecule has 2 aliphatic carbocycles. The lowest BCUT2D eigenvalue weighted by Crippen LogP contribution is -2.26. The number of ketones is 1. The Kier molecular flexibility index (Phi) is 12.6. The number of rotatable bonds is 13. The molecule has 2 aromatic rings. The van der Waals surface area contributed by atoms with Crippen LogP contribution in [0.1, 0.15) is 138 Å². The molecule has 0 aliphatic heterocycles. The van der Waals surface area contributed by atoms with Crippen LogP contribution in [0.4, 0.5) is 0 Å². The van der Waals surface area contributed by atoms with Gasteiger partial charge in [-0.15, -0.1) is 0 Å². The van der Waals surface area contributed by atoms with E-state index >= 15 is 0 Å². The van der Waals surface area contributed by atoms with Crippen molar-refractivity contribution >= 4 is 11.9 Å². The molecule has 1 aromatic carbocycles. The summed E-state index contributed by atoms with van der Waals surface area (Å²) in [7, 11) is 0. The van der Waals surface area contributed by atoms with Gasteiger partial charge in [0.2, 0.25) is 0 Å². The Morgan fingerprint density at radius 1 is 0.976 bits per heavy atom. The van der Waals surface area contributed by atoms with Gasteiger partial charge in [0.15, 0.2) is 0 Å². The zero-order chi connectivity index (χ0) is 29.0. The number of hydrogen-bond donors (Lipinski definition) is 1. The van der Waals surface area contributed by atoms with E-state index in [4.69, 9.17) is 4.98 Å². The number of aliphatic hydroxyl groups is 1. The number of hydrogen-bond acceptors (Lipinski definition) is 4. The summed E-state index contributed by atoms with van der Waals surface area (Å²) in [4.78, 5) is 22.4. The minimum Gasteiger partial charge on any atom is -0.393 e. The van der Waals surface area contributed by atoms with Gasteiger partial charge >= 0.3 is 0 Å². The molecule has 224 valence electrons. The molecule has 2 atom stereocenters. The predicted octanol–water partition coefficient (Wildman–Crippen LogP) is 8.84. The molecule has 0 amide bonds. The summed E-state index contributed by atoms with van der Waals surface area (Å²) < 4.78 is 0. The third kappa shape index (κ3) is 9.60. The number of fused-ring (bicyclic) bond motifs is 1. The van der Waals surface area contributed by atoms with Crippen molar-refractivity contribution in [1.82, 2.24) is 9.97 Å². The molecule has 0 saturated heterocycles. The molecule has 4 heteroatoms. The van der Waals surface area contributed by atoms with Crippen molar-refractivity contribution < 1.29 is 9.90 Å². The van der Waals surface area contributed by atoms with E-state index in [1.54, 1.807) is 13.3 Å². The van der Waals surface area contributed by atoms with Crippen LogP contribution in [-0.4, -0.2) is 27.0 Å². The highest BCUT2D eigenvalue weighted by Gasteiger charge is 2.24. The second kappa shape index (κ2) is 16.3. The van der Waals surface area contributed by atoms with Gasteiger partial charge in [0.25, 0.3) is 0 Å². The van der Waals surface area contributed by atoms with E-state index in [1.807, 2.05) is 0 Å². The Morgan fingerprint density at radius 3 is 2.49 bits per heavy atom. The van der Waals surface area contributed by atoms with Gasteiger partial charge in [0.05, 0.1) is 17.5 Å². The Bertz CT molecular complexity index is 1110. The number of aromatic nitrogens is 2. The highest BCUT2D eigenvalue weighted by atomic mass is 16.3. The molecule has 0 spiro atoms. The zero-order valence-electron chi connectivity index (χ0n) is 26.0. The molecule has 4 rings (SSSR count). The first kappa shape index (κ1) is 31.6. The van der Waals surface area contributed by atoms with Crippen molar-refractivity contribution in [1.29, 1.82) is 0 Å². The van der Waals surface area contributed by atoms with Crippen molar-refractivity contribution in [3.63, 3.8) is 0 Å². The molecule has 1 aromatic heterocycles. The van der Waals surface area contributed by atoms with Crippen LogP contribution in [0, 0.1) is 17.8 Å². The largest absolute Gasteiger partial charge is 0.393 e. The molecule has 1 fully saturated rings. The van der Waals surface area contributed by atoms with Gasteiger partial charge in [-0.2, -0.15) is 0 Å². The Labute approximate surface area is 249 Å². The fraction of sp³-hybridized carbons (Fsp3) is 0.649. The van der Waals surface area contributed by atoms with Crippen molar-refractivity contribution in [3.05, 3.63) is 64.7 Å². The van der Waals surface area contributed by atoms with E-state index in [0.717, 1.165) is 57.3 Å². The molecular formula is C37H54N2O2. The van der Waals surface area contributed by atoms with Crippen LogP contribution in [0.5, 0.6) is 0 Å². The molecule has 2 aliphatic rings. The Balaban J connectivity index is 1.18. The number of carbonyl (C=O) groups is 1. The fourth-order valence-electron chi connectivity index (χ4n) is 7.32. The first-order valence-electron chi connectivity index (χ1n) is 16.7. The minimum absolute atomic E-state index is 0.231. The van der Waals surface area contributed by atoms with E-state index in [9.17, 15) is 9.90 Å². The summed E-state index contributed by atoms with van der Waals surface area (Å²) in [5.41, 5.74) is 6.57. The lowest BCUT2D eigenvalue weighted by molar-refractivity contribution is -0.126. The summed E-state index contributed by atoms with van der Waals surface area (Å²) in [6.07, 6.45) is 23.3. The maximum Gasteiger partial charge on any atom is 0.138 e. The minimum atomic E-state index is -0.568. The second-order valence-corrected chi connectivity index (χ2v) is 13.2. The van der Waals surface area contributed by atoms with Gasteiger partial charge in [0, 0.05) is 17.9 Å². The first-order chi connectivity index (χ1) is 19.9. The fourth-order valence-corrected chi connectivity index (χ4v) is 7.32. The topological polar surface area (TPSA) is 63.1 Å². The number of benzene rings is 1. The summed E-state index contributed by atoms with van der Waals surface area (Å²) in [6, 6.07) is 8.65. The average Bonchev–Trinajstić information content (AvgIpc) is 3.19. The van der Waals surface area contributed by atoms with Crippen LogP contribution in [0.3, 0.4) is 0 Å². The number of Topliss-reactive ketones (excluding diaryl/α,β-unsaturated/α-hetero) is 1. The third-order valence-corrected chi connectivity index (χ3v) is 9.72. The third-order valence-electron chi connectivity index (χ3n) is 9.72. The summed E-state index contributed by atoms with van der Waals surface area (Å²) in [5, 5.41) is 10.4. The van der Waals surface area contributed by atoms with Crippen LogP contribution < -0.4 is 0 Å². The maximum absolute atomic E-state index is 13.1. The van der Waals surface area contributed by atoms with Crippen LogP contribution in [-0.2, 0) is 24.1 Å². The van der Waals surface area contributed by atoms with Gasteiger partial charge in [0.1, 0.15) is 12.1 Å². The molecule has 2 unspecified atom stereocenters. The van der Waals surface area contributed by atoms with Crippen molar-refractivity contribution in [2.24, 2.45) is 17.8 Å². The molecule has 1 heterocycles. The van der Waals surface area contributed by atoms with Crippen LogP contribution in [0.2, 0.25) is 0 Å².